The van der Waals surface area contributed by atoms with Crippen LogP contribution in [0.15, 0.2) is 40.9 Å². The highest BCUT2D eigenvalue weighted by Crippen LogP contribution is 2.33. The Morgan fingerprint density at radius 3 is 2.78 bits per heavy atom. The summed E-state index contributed by atoms with van der Waals surface area (Å²) in [4.78, 5) is 4.39. The summed E-state index contributed by atoms with van der Waals surface area (Å²) in [5, 5.41) is 9.81. The van der Waals surface area contributed by atoms with Crippen molar-refractivity contribution < 1.29 is 9.50 Å². The van der Waals surface area contributed by atoms with E-state index in [2.05, 4.69) is 20.9 Å². The van der Waals surface area contributed by atoms with Gasteiger partial charge in [0.1, 0.15) is 16.6 Å². The summed E-state index contributed by atoms with van der Waals surface area (Å²) < 4.78 is 15.7. The Hall–Kier alpha value is -1.46. The zero-order valence-electron chi connectivity index (χ0n) is 9.02. The lowest BCUT2D eigenvalue weighted by Gasteiger charge is -1.98. The topological polar surface area (TPSA) is 33.1 Å². The molecule has 3 aromatic rings. The predicted octanol–water partition coefficient (Wildman–Crippen LogP) is 4.57. The summed E-state index contributed by atoms with van der Waals surface area (Å²) in [5.41, 5.74) is 1.25. The maximum Gasteiger partial charge on any atom is 0.137 e. The van der Waals surface area contributed by atoms with Gasteiger partial charge < -0.3 is 5.11 Å². The van der Waals surface area contributed by atoms with Crippen LogP contribution in [0.4, 0.5) is 4.39 Å². The van der Waals surface area contributed by atoms with Gasteiger partial charge in [-0.15, -0.1) is 11.3 Å². The standard InChI is InChI=1S/C13H7BrFNOS/c14-7-1-4-11-12(5-7)18-13(16-11)9-3-2-8(17)6-10(9)15/h1-6,17H. The van der Waals surface area contributed by atoms with Gasteiger partial charge in [-0.2, -0.15) is 0 Å². The molecule has 0 aliphatic heterocycles. The first-order valence-corrected chi connectivity index (χ1v) is 6.79. The molecule has 0 spiro atoms. The third-order valence-electron chi connectivity index (χ3n) is 2.53. The third-order valence-corrected chi connectivity index (χ3v) is 4.08. The Morgan fingerprint density at radius 1 is 1.17 bits per heavy atom. The Labute approximate surface area is 115 Å². The van der Waals surface area contributed by atoms with Gasteiger partial charge in [0.15, 0.2) is 0 Å². The highest BCUT2D eigenvalue weighted by atomic mass is 79.9. The van der Waals surface area contributed by atoms with Crippen LogP contribution in [-0.4, -0.2) is 10.1 Å². The van der Waals surface area contributed by atoms with E-state index in [0.717, 1.165) is 20.8 Å². The second-order valence-corrected chi connectivity index (χ2v) is 5.74. The Balaban J connectivity index is 2.19. The number of phenols is 1. The van der Waals surface area contributed by atoms with Crippen LogP contribution in [0.25, 0.3) is 20.8 Å². The lowest BCUT2D eigenvalue weighted by Crippen LogP contribution is -1.82. The quantitative estimate of drug-likeness (QED) is 0.711. The molecule has 0 saturated heterocycles. The summed E-state index contributed by atoms with van der Waals surface area (Å²) >= 11 is 4.82. The molecule has 2 nitrogen and oxygen atoms in total. The van der Waals surface area contributed by atoms with Crippen molar-refractivity contribution in [2.45, 2.75) is 0 Å². The first-order valence-electron chi connectivity index (χ1n) is 5.18. The van der Waals surface area contributed by atoms with E-state index in [9.17, 15) is 9.50 Å². The van der Waals surface area contributed by atoms with Crippen LogP contribution in [0.2, 0.25) is 0 Å². The predicted molar refractivity (Wildman–Crippen MR) is 74.4 cm³/mol. The number of hydrogen-bond acceptors (Lipinski definition) is 3. The van der Waals surface area contributed by atoms with Crippen molar-refractivity contribution in [2.24, 2.45) is 0 Å². The fourth-order valence-corrected chi connectivity index (χ4v) is 3.24. The van der Waals surface area contributed by atoms with Gasteiger partial charge in [-0.25, -0.2) is 9.37 Å². The first kappa shape index (κ1) is 11.6. The van der Waals surface area contributed by atoms with E-state index in [1.807, 2.05) is 18.2 Å². The summed E-state index contributed by atoms with van der Waals surface area (Å²) in [6, 6.07) is 9.83. The van der Waals surface area contributed by atoms with Gasteiger partial charge >= 0.3 is 0 Å². The molecule has 5 heteroatoms. The molecule has 1 N–H and O–H groups in total. The Kier molecular flexibility index (Phi) is 2.80. The molecule has 2 aromatic carbocycles. The Morgan fingerprint density at radius 2 is 2.00 bits per heavy atom. The average Bonchev–Trinajstić information content (AvgIpc) is 2.71. The number of hydrogen-bond donors (Lipinski definition) is 1. The van der Waals surface area contributed by atoms with E-state index in [1.165, 1.54) is 23.5 Å². The highest BCUT2D eigenvalue weighted by molar-refractivity contribution is 9.10. The first-order chi connectivity index (χ1) is 8.63. The second-order valence-electron chi connectivity index (χ2n) is 3.80. The molecule has 0 aliphatic carbocycles. The van der Waals surface area contributed by atoms with Gasteiger partial charge in [0.05, 0.1) is 10.2 Å². The maximum atomic E-state index is 13.7. The molecule has 0 amide bonds. The van der Waals surface area contributed by atoms with E-state index < -0.39 is 5.82 Å². The number of aromatic hydroxyl groups is 1. The number of halogens is 2. The van der Waals surface area contributed by atoms with Crippen molar-refractivity contribution in [3.63, 3.8) is 0 Å². The van der Waals surface area contributed by atoms with Crippen LogP contribution in [0.3, 0.4) is 0 Å². The van der Waals surface area contributed by atoms with Gasteiger partial charge in [-0.05, 0) is 30.3 Å². The van der Waals surface area contributed by atoms with E-state index in [-0.39, 0.29) is 5.75 Å². The van der Waals surface area contributed by atoms with Gasteiger partial charge in [0.2, 0.25) is 0 Å². The van der Waals surface area contributed by atoms with Gasteiger partial charge in [0.25, 0.3) is 0 Å². The number of benzene rings is 2. The normalized spacial score (nSPS) is 11.0. The largest absolute Gasteiger partial charge is 0.508 e. The molecule has 3 rings (SSSR count). The Bertz CT molecular complexity index is 741. The number of nitrogens with zero attached hydrogens (tertiary/aromatic N) is 1. The molecule has 0 saturated carbocycles. The molecule has 1 aromatic heterocycles. The van der Waals surface area contributed by atoms with Crippen LogP contribution < -0.4 is 0 Å². The summed E-state index contributed by atoms with van der Waals surface area (Å²) in [5.74, 6) is -0.548. The fraction of sp³-hybridized carbons (Fsp3) is 0. The van der Waals surface area contributed by atoms with Crippen molar-refractivity contribution in [3.8, 4) is 16.3 Å². The van der Waals surface area contributed by atoms with Crippen LogP contribution in [0.1, 0.15) is 0 Å². The molecule has 0 aliphatic rings. The molecule has 0 bridgehead atoms. The molecule has 90 valence electrons. The van der Waals surface area contributed by atoms with Crippen LogP contribution >= 0.6 is 27.3 Å². The average molecular weight is 324 g/mol. The van der Waals surface area contributed by atoms with Crippen molar-refractivity contribution in [1.82, 2.24) is 4.98 Å². The van der Waals surface area contributed by atoms with Gasteiger partial charge in [0, 0.05) is 16.1 Å². The molecular weight excluding hydrogens is 317 g/mol. The van der Waals surface area contributed by atoms with Gasteiger partial charge in [-0.1, -0.05) is 15.9 Å². The summed E-state index contributed by atoms with van der Waals surface area (Å²) in [6.07, 6.45) is 0. The molecular formula is C13H7BrFNOS. The van der Waals surface area contributed by atoms with E-state index >= 15 is 0 Å². The highest BCUT2D eigenvalue weighted by Gasteiger charge is 2.11. The minimum atomic E-state index is -0.465. The van der Waals surface area contributed by atoms with Crippen molar-refractivity contribution in [1.29, 1.82) is 0 Å². The van der Waals surface area contributed by atoms with Crippen LogP contribution in [0.5, 0.6) is 5.75 Å². The zero-order valence-corrected chi connectivity index (χ0v) is 11.4. The minimum Gasteiger partial charge on any atom is -0.508 e. The van der Waals surface area contributed by atoms with Crippen LogP contribution in [-0.2, 0) is 0 Å². The molecule has 0 atom stereocenters. The van der Waals surface area contributed by atoms with E-state index in [1.54, 1.807) is 0 Å². The fourth-order valence-electron chi connectivity index (χ4n) is 1.69. The van der Waals surface area contributed by atoms with Crippen molar-refractivity contribution in [3.05, 3.63) is 46.7 Å². The second kappa shape index (κ2) is 4.33. The molecule has 18 heavy (non-hydrogen) atoms. The third kappa shape index (κ3) is 2.00. The molecule has 1 heterocycles. The van der Waals surface area contributed by atoms with E-state index in [4.69, 9.17) is 0 Å². The molecule has 0 fully saturated rings. The smallest absolute Gasteiger partial charge is 0.137 e. The summed E-state index contributed by atoms with van der Waals surface area (Å²) in [6.45, 7) is 0. The monoisotopic (exact) mass is 323 g/mol. The zero-order chi connectivity index (χ0) is 12.7. The molecule has 0 unspecified atom stereocenters. The van der Waals surface area contributed by atoms with Crippen molar-refractivity contribution >= 4 is 37.5 Å². The molecule has 0 radical (unpaired) electrons. The van der Waals surface area contributed by atoms with Gasteiger partial charge in [-0.3, -0.25) is 0 Å². The van der Waals surface area contributed by atoms with Crippen LogP contribution in [0, 0.1) is 5.82 Å². The summed E-state index contributed by atoms with van der Waals surface area (Å²) in [7, 11) is 0. The number of aromatic nitrogens is 1. The van der Waals surface area contributed by atoms with E-state index in [0.29, 0.717) is 10.6 Å². The lowest BCUT2D eigenvalue weighted by molar-refractivity contribution is 0.469. The lowest BCUT2D eigenvalue weighted by atomic mass is 10.2. The number of rotatable bonds is 1. The minimum absolute atomic E-state index is 0.0832. The number of thiazole rings is 1. The SMILES string of the molecule is Oc1ccc(-c2nc3ccc(Br)cc3s2)c(F)c1. The maximum absolute atomic E-state index is 13.7. The van der Waals surface area contributed by atoms with Crippen molar-refractivity contribution in [2.75, 3.05) is 0 Å². The number of fused-ring (bicyclic) bond motifs is 1. The number of phenolic OH excluding ortho intramolecular Hbond substituents is 1.